The van der Waals surface area contributed by atoms with E-state index in [1.807, 2.05) is 73.3 Å². The van der Waals surface area contributed by atoms with E-state index in [9.17, 15) is 9.59 Å². The number of nitrogens with zero attached hydrogens (tertiary/aromatic N) is 2. The zero-order valence-corrected chi connectivity index (χ0v) is 18.8. The van der Waals surface area contributed by atoms with Crippen LogP contribution in [0.2, 0.25) is 0 Å². The highest BCUT2D eigenvalue weighted by atomic mass is 16.5. The predicted molar refractivity (Wildman–Crippen MR) is 120 cm³/mol. The van der Waals surface area contributed by atoms with Gasteiger partial charge in [0.25, 0.3) is 5.91 Å². The number of hydrogen-bond donors (Lipinski definition) is 0. The standard InChI is InChI=1S/C25H32N2O4/c1-18(2)27-23(19-10-6-5-7-11-19)22(20-12-8-9-13-21(20)24(27)28)25(29)26(14-16-30-3)15-17-31-4/h5-13,18,22-23H,14-17H2,1-4H3/t22-,23+/m1/s1. The summed E-state index contributed by atoms with van der Waals surface area (Å²) in [4.78, 5) is 31.1. The molecule has 0 fully saturated rings. The van der Waals surface area contributed by atoms with Crippen LogP contribution in [0.4, 0.5) is 0 Å². The lowest BCUT2D eigenvalue weighted by Gasteiger charge is -2.45. The molecule has 2 aromatic rings. The lowest BCUT2D eigenvalue weighted by molar-refractivity contribution is -0.136. The zero-order valence-electron chi connectivity index (χ0n) is 18.8. The van der Waals surface area contributed by atoms with E-state index in [4.69, 9.17) is 9.47 Å². The van der Waals surface area contributed by atoms with Crippen molar-refractivity contribution in [3.05, 3.63) is 71.3 Å². The van der Waals surface area contributed by atoms with Gasteiger partial charge in [0.15, 0.2) is 0 Å². The van der Waals surface area contributed by atoms with Crippen molar-refractivity contribution in [1.82, 2.24) is 9.80 Å². The van der Waals surface area contributed by atoms with Crippen molar-refractivity contribution >= 4 is 11.8 Å². The van der Waals surface area contributed by atoms with Gasteiger partial charge >= 0.3 is 0 Å². The second kappa shape index (κ2) is 10.6. The molecule has 0 saturated heterocycles. The van der Waals surface area contributed by atoms with Gasteiger partial charge in [0.1, 0.15) is 0 Å². The Morgan fingerprint density at radius 3 is 2.13 bits per heavy atom. The minimum absolute atomic E-state index is 0.0199. The minimum Gasteiger partial charge on any atom is -0.383 e. The van der Waals surface area contributed by atoms with Crippen molar-refractivity contribution in [3.8, 4) is 0 Å². The molecule has 2 amide bonds. The summed E-state index contributed by atoms with van der Waals surface area (Å²) in [7, 11) is 3.25. The molecule has 0 saturated carbocycles. The molecule has 2 atom stereocenters. The van der Waals surface area contributed by atoms with Gasteiger partial charge < -0.3 is 19.3 Å². The first-order valence-electron chi connectivity index (χ1n) is 10.7. The maximum Gasteiger partial charge on any atom is 0.254 e. The molecule has 6 heteroatoms. The summed E-state index contributed by atoms with van der Waals surface area (Å²) in [6.45, 7) is 5.80. The van der Waals surface area contributed by atoms with E-state index in [-0.39, 0.29) is 23.9 Å². The summed E-state index contributed by atoms with van der Waals surface area (Å²) in [5.41, 5.74) is 2.33. The van der Waals surface area contributed by atoms with Gasteiger partial charge in [0, 0.05) is 38.9 Å². The van der Waals surface area contributed by atoms with Crippen molar-refractivity contribution in [1.29, 1.82) is 0 Å². The first-order chi connectivity index (χ1) is 15.0. The maximum atomic E-state index is 14.0. The van der Waals surface area contributed by atoms with Crippen molar-refractivity contribution in [2.75, 3.05) is 40.5 Å². The zero-order chi connectivity index (χ0) is 22.4. The molecule has 0 radical (unpaired) electrons. The van der Waals surface area contributed by atoms with Crippen LogP contribution in [0.25, 0.3) is 0 Å². The second-order valence-corrected chi connectivity index (χ2v) is 8.04. The molecule has 1 heterocycles. The topological polar surface area (TPSA) is 59.1 Å². The summed E-state index contributed by atoms with van der Waals surface area (Å²) in [6, 6.07) is 16.9. The number of fused-ring (bicyclic) bond motifs is 1. The second-order valence-electron chi connectivity index (χ2n) is 8.04. The normalized spacial score (nSPS) is 18.2. The van der Waals surface area contributed by atoms with Crippen LogP contribution in [0.1, 0.15) is 47.3 Å². The van der Waals surface area contributed by atoms with Gasteiger partial charge in [-0.15, -0.1) is 0 Å². The van der Waals surface area contributed by atoms with Crippen LogP contribution in [0.5, 0.6) is 0 Å². The van der Waals surface area contributed by atoms with E-state index in [2.05, 4.69) is 0 Å². The third kappa shape index (κ3) is 4.81. The fourth-order valence-electron chi connectivity index (χ4n) is 4.32. The Morgan fingerprint density at radius 2 is 1.55 bits per heavy atom. The van der Waals surface area contributed by atoms with Crippen molar-refractivity contribution in [2.45, 2.75) is 31.8 Å². The highest BCUT2D eigenvalue weighted by molar-refractivity contribution is 6.01. The Kier molecular flexibility index (Phi) is 7.82. The molecular formula is C25H32N2O4. The summed E-state index contributed by atoms with van der Waals surface area (Å²) >= 11 is 0. The van der Waals surface area contributed by atoms with Crippen LogP contribution in [-0.2, 0) is 14.3 Å². The van der Waals surface area contributed by atoms with E-state index in [0.717, 1.165) is 11.1 Å². The van der Waals surface area contributed by atoms with Crippen LogP contribution in [-0.4, -0.2) is 68.2 Å². The summed E-state index contributed by atoms with van der Waals surface area (Å²) in [5.74, 6) is -0.565. The summed E-state index contributed by atoms with van der Waals surface area (Å²) in [6.07, 6.45) is 0. The number of hydrogen-bond acceptors (Lipinski definition) is 4. The molecule has 2 aromatic carbocycles. The first-order valence-corrected chi connectivity index (χ1v) is 10.7. The van der Waals surface area contributed by atoms with E-state index < -0.39 is 5.92 Å². The van der Waals surface area contributed by atoms with Gasteiger partial charge in [-0.05, 0) is 31.0 Å². The van der Waals surface area contributed by atoms with Crippen LogP contribution in [0.3, 0.4) is 0 Å². The number of carbonyl (C=O) groups excluding carboxylic acids is 2. The monoisotopic (exact) mass is 424 g/mol. The van der Waals surface area contributed by atoms with Gasteiger partial charge in [-0.3, -0.25) is 9.59 Å². The molecule has 0 N–H and O–H groups in total. The lowest BCUT2D eigenvalue weighted by Crippen LogP contribution is -2.51. The number of benzene rings is 2. The van der Waals surface area contributed by atoms with Crippen molar-refractivity contribution < 1.29 is 19.1 Å². The first kappa shape index (κ1) is 23.0. The minimum atomic E-state index is -0.507. The molecule has 1 aliphatic rings. The van der Waals surface area contributed by atoms with Gasteiger partial charge in [-0.1, -0.05) is 48.5 Å². The molecule has 0 unspecified atom stereocenters. The lowest BCUT2D eigenvalue weighted by atomic mass is 9.78. The Morgan fingerprint density at radius 1 is 0.968 bits per heavy atom. The van der Waals surface area contributed by atoms with Crippen LogP contribution in [0.15, 0.2) is 54.6 Å². The molecule has 0 spiro atoms. The molecule has 3 rings (SSSR count). The van der Waals surface area contributed by atoms with Crippen molar-refractivity contribution in [2.24, 2.45) is 0 Å². The van der Waals surface area contributed by atoms with Crippen LogP contribution in [0, 0.1) is 0 Å². The molecule has 31 heavy (non-hydrogen) atoms. The van der Waals surface area contributed by atoms with Crippen molar-refractivity contribution in [3.63, 3.8) is 0 Å². The van der Waals surface area contributed by atoms with Gasteiger partial charge in [-0.2, -0.15) is 0 Å². The van der Waals surface area contributed by atoms with Crippen LogP contribution >= 0.6 is 0 Å². The SMILES string of the molecule is COCCN(CCOC)C(=O)[C@@H]1c2ccccc2C(=O)N(C(C)C)[C@H]1c1ccccc1. The predicted octanol–water partition coefficient (Wildman–Crippen LogP) is 3.50. The Bertz CT molecular complexity index is 876. The highest BCUT2D eigenvalue weighted by Crippen LogP contribution is 2.44. The number of methoxy groups -OCH3 is 2. The van der Waals surface area contributed by atoms with Gasteiger partial charge in [0.2, 0.25) is 5.91 Å². The number of rotatable bonds is 9. The summed E-state index contributed by atoms with van der Waals surface area (Å²) in [5, 5.41) is 0. The largest absolute Gasteiger partial charge is 0.383 e. The number of amides is 2. The molecule has 0 aromatic heterocycles. The van der Waals surface area contributed by atoms with E-state index in [1.54, 1.807) is 19.1 Å². The van der Waals surface area contributed by atoms with E-state index in [0.29, 0.717) is 31.9 Å². The molecule has 1 aliphatic heterocycles. The average Bonchev–Trinajstić information content (AvgIpc) is 2.79. The van der Waals surface area contributed by atoms with E-state index in [1.165, 1.54) is 0 Å². The molecular weight excluding hydrogens is 392 g/mol. The highest BCUT2D eigenvalue weighted by Gasteiger charge is 2.46. The quantitative estimate of drug-likeness (QED) is 0.618. The number of carbonyl (C=O) groups is 2. The maximum absolute atomic E-state index is 14.0. The van der Waals surface area contributed by atoms with Crippen LogP contribution < -0.4 is 0 Å². The van der Waals surface area contributed by atoms with Gasteiger partial charge in [0.05, 0.1) is 25.2 Å². The Labute approximate surface area is 184 Å². The molecule has 0 bridgehead atoms. The summed E-state index contributed by atoms with van der Waals surface area (Å²) < 4.78 is 10.5. The Hall–Kier alpha value is -2.70. The molecule has 166 valence electrons. The fourth-order valence-corrected chi connectivity index (χ4v) is 4.32. The van der Waals surface area contributed by atoms with E-state index >= 15 is 0 Å². The number of ether oxygens (including phenoxy) is 2. The average molecular weight is 425 g/mol. The molecule has 0 aliphatic carbocycles. The fraction of sp³-hybridized carbons (Fsp3) is 0.440. The molecule has 6 nitrogen and oxygen atoms in total. The van der Waals surface area contributed by atoms with Gasteiger partial charge in [-0.25, -0.2) is 0 Å². The third-order valence-corrected chi connectivity index (χ3v) is 5.78. The Balaban J connectivity index is 2.14. The smallest absolute Gasteiger partial charge is 0.254 e. The third-order valence-electron chi connectivity index (χ3n) is 5.78.